The minimum Gasteiger partial charge on any atom is -0.352 e. The number of carbonyl (C=O) groups is 2. The molecule has 0 saturated carbocycles. The van der Waals surface area contributed by atoms with Crippen LogP contribution in [0.5, 0.6) is 0 Å². The van der Waals surface area contributed by atoms with Crippen molar-refractivity contribution in [3.05, 3.63) is 91.9 Å². The Labute approximate surface area is 267 Å². The van der Waals surface area contributed by atoms with Gasteiger partial charge in [-0.25, -0.2) is 8.42 Å². The van der Waals surface area contributed by atoms with Crippen molar-refractivity contribution in [2.24, 2.45) is 0 Å². The highest BCUT2D eigenvalue weighted by atomic mass is 35.5. The molecule has 2 amide bonds. The van der Waals surface area contributed by atoms with Gasteiger partial charge in [-0.2, -0.15) is 0 Å². The molecule has 0 unspecified atom stereocenters. The van der Waals surface area contributed by atoms with E-state index >= 15 is 0 Å². The summed E-state index contributed by atoms with van der Waals surface area (Å²) in [7, 11) is -4.28. The molecule has 0 spiro atoms. The van der Waals surface area contributed by atoms with Crippen molar-refractivity contribution < 1.29 is 18.0 Å². The Kier molecular flexibility index (Phi) is 12.0. The molecular weight excluding hydrogens is 640 g/mol. The second kappa shape index (κ2) is 14.8. The van der Waals surface area contributed by atoms with Gasteiger partial charge in [0.15, 0.2) is 0 Å². The first kappa shape index (κ1) is 34.0. The normalized spacial score (nSPS) is 12.9. The lowest BCUT2D eigenvalue weighted by atomic mass is 10.1. The van der Waals surface area contributed by atoms with Gasteiger partial charge >= 0.3 is 0 Å². The summed E-state index contributed by atoms with van der Waals surface area (Å²) < 4.78 is 28.9. The summed E-state index contributed by atoms with van der Waals surface area (Å²) in [6.45, 7) is 6.62. The maximum atomic E-state index is 14.2. The highest BCUT2D eigenvalue weighted by Gasteiger charge is 2.34. The second-order valence-electron chi connectivity index (χ2n) is 9.92. The van der Waals surface area contributed by atoms with E-state index in [1.165, 1.54) is 35.2 Å². The highest BCUT2D eigenvalue weighted by molar-refractivity contribution is 7.92. The maximum Gasteiger partial charge on any atom is 0.264 e. The molecule has 0 aliphatic carbocycles. The van der Waals surface area contributed by atoms with Crippen LogP contribution in [0.3, 0.4) is 0 Å². The van der Waals surface area contributed by atoms with E-state index in [1.807, 2.05) is 20.8 Å². The van der Waals surface area contributed by atoms with Crippen molar-refractivity contribution in [3.8, 4) is 0 Å². The predicted molar refractivity (Wildman–Crippen MR) is 171 cm³/mol. The number of amides is 2. The van der Waals surface area contributed by atoms with E-state index in [0.717, 1.165) is 9.87 Å². The standard InChI is InChI=1S/C30H33Cl4N3O4S/c1-5-20(4)35-30(39)28(6-2)36(17-25-26(33)8-7-9-27(25)34)29(38)18-37(23-15-21(31)14-22(32)16-23)42(40,41)24-12-10-19(3)11-13-24/h7-16,20,28H,5-6,17-18H2,1-4H3,(H,35,39)/t20-,28+/m1/s1. The van der Waals surface area contributed by atoms with Crippen LogP contribution >= 0.6 is 46.4 Å². The number of anilines is 1. The van der Waals surface area contributed by atoms with E-state index in [-0.39, 0.29) is 45.5 Å². The third-order valence-corrected chi connectivity index (χ3v) is 9.73. The van der Waals surface area contributed by atoms with Crippen LogP contribution in [0.2, 0.25) is 20.1 Å². The molecule has 3 aromatic carbocycles. The fraction of sp³-hybridized carbons (Fsp3) is 0.333. The zero-order valence-electron chi connectivity index (χ0n) is 23.7. The first-order valence-electron chi connectivity index (χ1n) is 13.4. The topological polar surface area (TPSA) is 86.8 Å². The number of nitrogens with zero attached hydrogens (tertiary/aromatic N) is 2. The van der Waals surface area contributed by atoms with Gasteiger partial charge in [-0.05, 0) is 69.2 Å². The van der Waals surface area contributed by atoms with Crippen LogP contribution in [-0.4, -0.2) is 43.8 Å². The molecule has 0 saturated heterocycles. The van der Waals surface area contributed by atoms with Gasteiger partial charge < -0.3 is 10.2 Å². The van der Waals surface area contributed by atoms with Gasteiger partial charge in [0.1, 0.15) is 12.6 Å². The van der Waals surface area contributed by atoms with Gasteiger partial charge in [0, 0.05) is 38.2 Å². The molecule has 1 N–H and O–H groups in total. The molecule has 0 bridgehead atoms. The highest BCUT2D eigenvalue weighted by Crippen LogP contribution is 2.31. The Morgan fingerprint density at radius 3 is 1.98 bits per heavy atom. The van der Waals surface area contributed by atoms with Gasteiger partial charge in [-0.15, -0.1) is 0 Å². The van der Waals surface area contributed by atoms with E-state index in [1.54, 1.807) is 37.3 Å². The second-order valence-corrected chi connectivity index (χ2v) is 13.5. The molecule has 0 aliphatic rings. The van der Waals surface area contributed by atoms with Crippen LogP contribution in [0.1, 0.15) is 44.7 Å². The van der Waals surface area contributed by atoms with E-state index < -0.39 is 28.5 Å². The van der Waals surface area contributed by atoms with E-state index in [2.05, 4.69) is 5.32 Å². The summed E-state index contributed by atoms with van der Waals surface area (Å²) in [6.07, 6.45) is 0.939. The Morgan fingerprint density at radius 2 is 1.45 bits per heavy atom. The first-order chi connectivity index (χ1) is 19.8. The summed E-state index contributed by atoms with van der Waals surface area (Å²) in [6, 6.07) is 14.4. The third-order valence-electron chi connectivity index (χ3n) is 6.80. The van der Waals surface area contributed by atoms with Crippen LogP contribution in [0.15, 0.2) is 65.6 Å². The lowest BCUT2D eigenvalue weighted by Gasteiger charge is -2.34. The summed E-state index contributed by atoms with van der Waals surface area (Å²) in [5.41, 5.74) is 1.39. The molecule has 226 valence electrons. The average Bonchev–Trinajstić information content (AvgIpc) is 2.92. The molecule has 42 heavy (non-hydrogen) atoms. The molecule has 0 heterocycles. The largest absolute Gasteiger partial charge is 0.352 e. The molecule has 0 aliphatic heterocycles. The zero-order chi connectivity index (χ0) is 31.2. The predicted octanol–water partition coefficient (Wildman–Crippen LogP) is 7.53. The van der Waals surface area contributed by atoms with Gasteiger partial charge in [0.25, 0.3) is 10.0 Å². The molecule has 3 aromatic rings. The molecule has 2 atom stereocenters. The number of hydrogen-bond donors (Lipinski definition) is 1. The number of rotatable bonds is 12. The maximum absolute atomic E-state index is 14.2. The number of sulfonamides is 1. The minimum absolute atomic E-state index is 0.0285. The van der Waals surface area contributed by atoms with Gasteiger partial charge in [0.2, 0.25) is 11.8 Å². The fourth-order valence-corrected chi connectivity index (χ4v) is 6.69. The number of benzene rings is 3. The fourth-order valence-electron chi connectivity index (χ4n) is 4.26. The Hall–Kier alpha value is -2.49. The molecule has 12 heteroatoms. The van der Waals surface area contributed by atoms with Crippen LogP contribution in [-0.2, 0) is 26.2 Å². The lowest BCUT2D eigenvalue weighted by Crippen LogP contribution is -2.53. The van der Waals surface area contributed by atoms with Crippen molar-refractivity contribution in [1.82, 2.24) is 10.2 Å². The summed E-state index contributed by atoms with van der Waals surface area (Å²) in [5, 5.41) is 3.92. The summed E-state index contributed by atoms with van der Waals surface area (Å²) in [4.78, 5) is 28.9. The quantitative estimate of drug-likeness (QED) is 0.216. The molecule has 0 fully saturated rings. The molecule has 7 nitrogen and oxygen atoms in total. The summed E-state index contributed by atoms with van der Waals surface area (Å²) >= 11 is 25.4. The van der Waals surface area contributed by atoms with E-state index in [9.17, 15) is 18.0 Å². The summed E-state index contributed by atoms with van der Waals surface area (Å²) in [5.74, 6) is -1.02. The number of aryl methyl sites for hydroxylation is 1. The SMILES string of the molecule is CC[C@@H](C)NC(=O)[C@H](CC)N(Cc1c(Cl)cccc1Cl)C(=O)CN(c1cc(Cl)cc(Cl)c1)S(=O)(=O)c1ccc(C)cc1. The Morgan fingerprint density at radius 1 is 0.881 bits per heavy atom. The van der Waals surface area contributed by atoms with Crippen LogP contribution < -0.4 is 9.62 Å². The van der Waals surface area contributed by atoms with Crippen molar-refractivity contribution >= 4 is 73.9 Å². The van der Waals surface area contributed by atoms with Crippen molar-refractivity contribution in [3.63, 3.8) is 0 Å². The van der Waals surface area contributed by atoms with Gasteiger partial charge in [-0.3, -0.25) is 13.9 Å². The van der Waals surface area contributed by atoms with E-state index in [0.29, 0.717) is 22.0 Å². The monoisotopic (exact) mass is 671 g/mol. The van der Waals surface area contributed by atoms with Gasteiger partial charge in [0.05, 0.1) is 10.6 Å². The minimum atomic E-state index is -4.28. The Balaban J connectivity index is 2.13. The van der Waals surface area contributed by atoms with Crippen LogP contribution in [0.4, 0.5) is 5.69 Å². The van der Waals surface area contributed by atoms with Crippen LogP contribution in [0.25, 0.3) is 0 Å². The van der Waals surface area contributed by atoms with E-state index in [4.69, 9.17) is 46.4 Å². The third kappa shape index (κ3) is 8.32. The Bertz CT molecular complexity index is 1490. The molecule has 0 radical (unpaired) electrons. The number of hydrogen-bond acceptors (Lipinski definition) is 4. The van der Waals surface area contributed by atoms with Crippen molar-refractivity contribution in [1.29, 1.82) is 0 Å². The van der Waals surface area contributed by atoms with Gasteiger partial charge in [-0.1, -0.05) is 84.0 Å². The number of nitrogens with one attached hydrogen (secondary N) is 1. The molecule has 0 aromatic heterocycles. The zero-order valence-corrected chi connectivity index (χ0v) is 27.5. The van der Waals surface area contributed by atoms with Crippen molar-refractivity contribution in [2.45, 2.75) is 64.1 Å². The number of carbonyl (C=O) groups excluding carboxylic acids is 2. The van der Waals surface area contributed by atoms with Crippen molar-refractivity contribution in [2.75, 3.05) is 10.8 Å². The molecular formula is C30H33Cl4N3O4S. The van der Waals surface area contributed by atoms with Crippen LogP contribution in [0, 0.1) is 6.92 Å². The first-order valence-corrected chi connectivity index (χ1v) is 16.3. The molecule has 3 rings (SSSR count). The smallest absolute Gasteiger partial charge is 0.264 e. The average molecular weight is 673 g/mol. The lowest BCUT2D eigenvalue weighted by molar-refractivity contribution is -0.140. The number of halogens is 4.